The quantitative estimate of drug-likeness (QED) is 0.574. The molecule has 4 aromatic rings. The van der Waals surface area contributed by atoms with Gasteiger partial charge in [0.25, 0.3) is 0 Å². The average Bonchev–Trinajstić information content (AvgIpc) is 3.16. The van der Waals surface area contributed by atoms with Gasteiger partial charge in [0.05, 0.1) is 10.4 Å². The number of nitrogens with zero attached hydrogens (tertiary/aromatic N) is 1. The molecule has 0 saturated heterocycles. The van der Waals surface area contributed by atoms with E-state index in [4.69, 9.17) is 10.3 Å². The van der Waals surface area contributed by atoms with Crippen molar-refractivity contribution in [2.24, 2.45) is 0 Å². The van der Waals surface area contributed by atoms with E-state index < -0.39 is 0 Å². The van der Waals surface area contributed by atoms with Crippen molar-refractivity contribution < 1.29 is 4.52 Å². The minimum atomic E-state index is 0.444. The standard InChI is InChI=1S/C15H10N2OS2/c16-15-13(11-6-3-7-19-11)14(18-17-15)12-8-9-4-1-2-5-10(9)20-12/h1-8H,(H2,16,17). The van der Waals surface area contributed by atoms with Gasteiger partial charge in [-0.3, -0.25) is 0 Å². The van der Waals surface area contributed by atoms with Crippen LogP contribution in [0.25, 0.3) is 31.2 Å². The molecule has 0 radical (unpaired) electrons. The van der Waals surface area contributed by atoms with Crippen LogP contribution in [0.3, 0.4) is 0 Å². The minimum Gasteiger partial charge on any atom is -0.380 e. The molecule has 0 spiro atoms. The Hall–Kier alpha value is -2.11. The average molecular weight is 298 g/mol. The first-order valence-electron chi connectivity index (χ1n) is 6.11. The summed E-state index contributed by atoms with van der Waals surface area (Å²) in [4.78, 5) is 2.13. The maximum Gasteiger partial charge on any atom is 0.187 e. The molecular weight excluding hydrogens is 288 g/mol. The highest BCUT2D eigenvalue weighted by Crippen LogP contribution is 2.42. The van der Waals surface area contributed by atoms with Crippen molar-refractivity contribution in [1.29, 1.82) is 0 Å². The molecule has 0 amide bonds. The number of nitrogen functional groups attached to an aromatic ring is 1. The lowest BCUT2D eigenvalue weighted by molar-refractivity contribution is 0.437. The highest BCUT2D eigenvalue weighted by molar-refractivity contribution is 7.22. The van der Waals surface area contributed by atoms with E-state index >= 15 is 0 Å². The summed E-state index contributed by atoms with van der Waals surface area (Å²) in [5.74, 6) is 1.20. The molecule has 3 aromatic heterocycles. The Morgan fingerprint density at radius 2 is 1.95 bits per heavy atom. The van der Waals surface area contributed by atoms with Crippen LogP contribution in [0, 0.1) is 0 Å². The molecule has 0 unspecified atom stereocenters. The maximum absolute atomic E-state index is 5.97. The Morgan fingerprint density at radius 1 is 1.05 bits per heavy atom. The van der Waals surface area contributed by atoms with Crippen LogP contribution >= 0.6 is 22.7 Å². The smallest absolute Gasteiger partial charge is 0.187 e. The second-order valence-corrected chi connectivity index (χ2v) is 6.43. The van der Waals surface area contributed by atoms with E-state index in [-0.39, 0.29) is 0 Å². The van der Waals surface area contributed by atoms with Crippen LogP contribution in [0.15, 0.2) is 52.4 Å². The van der Waals surface area contributed by atoms with Gasteiger partial charge in [-0.05, 0) is 29.0 Å². The SMILES string of the molecule is Nc1noc(-c2cc3ccccc3s2)c1-c1cccs1. The molecule has 0 bridgehead atoms. The predicted octanol–water partition coefficient (Wildman–Crippen LogP) is 4.87. The molecule has 1 aromatic carbocycles. The summed E-state index contributed by atoms with van der Waals surface area (Å²) in [7, 11) is 0. The Balaban J connectivity index is 1.95. The number of fused-ring (bicyclic) bond motifs is 1. The van der Waals surface area contributed by atoms with Gasteiger partial charge in [-0.2, -0.15) is 0 Å². The lowest BCUT2D eigenvalue weighted by Crippen LogP contribution is -1.86. The summed E-state index contributed by atoms with van der Waals surface area (Å²) < 4.78 is 6.71. The van der Waals surface area contributed by atoms with Crippen molar-refractivity contribution in [1.82, 2.24) is 5.16 Å². The highest BCUT2D eigenvalue weighted by Gasteiger charge is 2.20. The van der Waals surface area contributed by atoms with Gasteiger partial charge in [0.2, 0.25) is 0 Å². The van der Waals surface area contributed by atoms with E-state index in [9.17, 15) is 0 Å². The number of benzene rings is 1. The number of nitrogens with two attached hydrogens (primary N) is 1. The summed E-state index contributed by atoms with van der Waals surface area (Å²) >= 11 is 3.33. The summed E-state index contributed by atoms with van der Waals surface area (Å²) in [5.41, 5.74) is 6.87. The fourth-order valence-corrected chi connectivity index (χ4v) is 4.05. The maximum atomic E-state index is 5.97. The first-order valence-corrected chi connectivity index (χ1v) is 7.80. The lowest BCUT2D eigenvalue weighted by atomic mass is 10.1. The first-order chi connectivity index (χ1) is 9.83. The Bertz CT molecular complexity index is 841. The van der Waals surface area contributed by atoms with Crippen LogP contribution in [0.4, 0.5) is 5.82 Å². The molecule has 3 nitrogen and oxygen atoms in total. The number of thiophene rings is 2. The van der Waals surface area contributed by atoms with Crippen molar-refractivity contribution in [3.05, 3.63) is 47.8 Å². The zero-order chi connectivity index (χ0) is 13.5. The molecule has 0 aliphatic carbocycles. The third kappa shape index (κ3) is 1.75. The summed E-state index contributed by atoms with van der Waals surface area (Å²) in [6, 6.07) is 14.4. The van der Waals surface area contributed by atoms with Gasteiger partial charge in [0, 0.05) is 9.58 Å². The largest absolute Gasteiger partial charge is 0.380 e. The number of hydrogen-bond acceptors (Lipinski definition) is 5. The zero-order valence-corrected chi connectivity index (χ0v) is 12.0. The third-order valence-electron chi connectivity index (χ3n) is 3.14. The van der Waals surface area contributed by atoms with Crippen molar-refractivity contribution in [3.63, 3.8) is 0 Å². The van der Waals surface area contributed by atoms with Crippen LogP contribution in [0.1, 0.15) is 0 Å². The Kier molecular flexibility index (Phi) is 2.61. The van der Waals surface area contributed by atoms with Crippen LogP contribution in [-0.4, -0.2) is 5.16 Å². The number of anilines is 1. The summed E-state index contributed by atoms with van der Waals surface area (Å²) in [5, 5.41) is 7.17. The van der Waals surface area contributed by atoms with Crippen LogP contribution < -0.4 is 5.73 Å². The molecule has 0 aliphatic heterocycles. The molecule has 0 fully saturated rings. The molecule has 0 saturated carbocycles. The van der Waals surface area contributed by atoms with E-state index in [1.54, 1.807) is 22.7 Å². The van der Waals surface area contributed by atoms with E-state index in [1.165, 1.54) is 10.1 Å². The summed E-state index contributed by atoms with van der Waals surface area (Å²) in [6.45, 7) is 0. The zero-order valence-electron chi connectivity index (χ0n) is 10.4. The Morgan fingerprint density at radius 3 is 2.75 bits per heavy atom. The summed E-state index contributed by atoms with van der Waals surface area (Å²) in [6.07, 6.45) is 0. The fourth-order valence-electron chi connectivity index (χ4n) is 2.22. The molecule has 5 heteroatoms. The first kappa shape index (κ1) is 11.7. The predicted molar refractivity (Wildman–Crippen MR) is 85.0 cm³/mol. The number of aromatic nitrogens is 1. The molecule has 4 rings (SSSR count). The molecule has 2 N–H and O–H groups in total. The van der Waals surface area contributed by atoms with Gasteiger partial charge in [0.15, 0.2) is 11.6 Å². The van der Waals surface area contributed by atoms with Gasteiger partial charge < -0.3 is 10.3 Å². The number of rotatable bonds is 2. The van der Waals surface area contributed by atoms with Gasteiger partial charge in [-0.1, -0.05) is 29.4 Å². The monoisotopic (exact) mass is 298 g/mol. The Labute approximate surface area is 123 Å². The molecular formula is C15H10N2OS2. The van der Waals surface area contributed by atoms with E-state index in [1.807, 2.05) is 29.6 Å². The molecule has 20 heavy (non-hydrogen) atoms. The molecule has 98 valence electrons. The molecule has 0 atom stereocenters. The van der Waals surface area contributed by atoms with E-state index in [0.717, 1.165) is 21.1 Å². The van der Waals surface area contributed by atoms with Crippen molar-refractivity contribution in [3.8, 4) is 21.1 Å². The van der Waals surface area contributed by atoms with Gasteiger partial charge in [-0.25, -0.2) is 0 Å². The highest BCUT2D eigenvalue weighted by atomic mass is 32.1. The van der Waals surface area contributed by atoms with E-state index in [0.29, 0.717) is 5.82 Å². The third-order valence-corrected chi connectivity index (χ3v) is 5.14. The van der Waals surface area contributed by atoms with Crippen LogP contribution in [0.2, 0.25) is 0 Å². The lowest BCUT2D eigenvalue weighted by Gasteiger charge is -1.96. The van der Waals surface area contributed by atoms with Crippen molar-refractivity contribution in [2.45, 2.75) is 0 Å². The fraction of sp³-hybridized carbons (Fsp3) is 0. The van der Waals surface area contributed by atoms with Gasteiger partial charge in [0.1, 0.15) is 0 Å². The van der Waals surface area contributed by atoms with Gasteiger partial charge >= 0.3 is 0 Å². The topological polar surface area (TPSA) is 52.0 Å². The van der Waals surface area contributed by atoms with Crippen LogP contribution in [-0.2, 0) is 0 Å². The number of hydrogen-bond donors (Lipinski definition) is 1. The van der Waals surface area contributed by atoms with Gasteiger partial charge in [-0.15, -0.1) is 22.7 Å². The van der Waals surface area contributed by atoms with Crippen molar-refractivity contribution in [2.75, 3.05) is 5.73 Å². The second kappa shape index (κ2) is 4.47. The van der Waals surface area contributed by atoms with Crippen LogP contribution in [0.5, 0.6) is 0 Å². The van der Waals surface area contributed by atoms with Crippen molar-refractivity contribution >= 4 is 38.6 Å². The minimum absolute atomic E-state index is 0.444. The second-order valence-electron chi connectivity index (χ2n) is 4.40. The normalized spacial score (nSPS) is 11.2. The molecule has 3 heterocycles. The van der Waals surface area contributed by atoms with E-state index in [2.05, 4.69) is 23.4 Å². The molecule has 0 aliphatic rings.